The van der Waals surface area contributed by atoms with Crippen molar-refractivity contribution in [2.24, 2.45) is 5.92 Å². The van der Waals surface area contributed by atoms with Crippen LogP contribution in [0.25, 0.3) is 10.9 Å². The van der Waals surface area contributed by atoms with E-state index in [1.54, 1.807) is 0 Å². The van der Waals surface area contributed by atoms with Crippen LogP contribution in [0.2, 0.25) is 0 Å². The van der Waals surface area contributed by atoms with Crippen molar-refractivity contribution in [2.45, 2.75) is 84.7 Å². The number of nitrogens with one attached hydrogen (secondary N) is 2. The highest BCUT2D eigenvalue weighted by Gasteiger charge is 2.23. The van der Waals surface area contributed by atoms with Gasteiger partial charge in [-0.3, -0.25) is 0 Å². The Labute approximate surface area is 252 Å². The van der Waals surface area contributed by atoms with Crippen LogP contribution in [-0.2, 0) is 6.54 Å². The fourth-order valence-electron chi connectivity index (χ4n) is 5.53. The van der Waals surface area contributed by atoms with Crippen LogP contribution in [0.1, 0.15) is 77.7 Å². The van der Waals surface area contributed by atoms with Gasteiger partial charge in [-0.15, -0.1) is 0 Å². The van der Waals surface area contributed by atoms with Crippen molar-refractivity contribution in [3.63, 3.8) is 0 Å². The fraction of sp³-hybridized carbons (Fsp3) is 0.588. The molecule has 0 radical (unpaired) electrons. The zero-order valence-corrected chi connectivity index (χ0v) is 26.4. The normalized spacial score (nSPS) is 16.8. The van der Waals surface area contributed by atoms with Crippen molar-refractivity contribution >= 4 is 22.7 Å². The molecule has 0 aliphatic heterocycles. The number of para-hydroxylation sites is 1. The maximum atomic E-state index is 6.22. The number of ether oxygens (including phenoxy) is 3. The Morgan fingerprint density at radius 2 is 1.50 bits per heavy atom. The molecule has 1 saturated carbocycles. The van der Waals surface area contributed by atoms with Crippen LogP contribution in [0.15, 0.2) is 36.4 Å². The summed E-state index contributed by atoms with van der Waals surface area (Å²) >= 11 is 0. The Morgan fingerprint density at radius 3 is 2.21 bits per heavy atom. The summed E-state index contributed by atoms with van der Waals surface area (Å²) in [5.74, 6) is 4.77. The molecule has 3 aromatic rings. The SMILES string of the molecule is CCCOc1ccc(CNCCC2CCC(Nc3nc(N(C)C)c4ccccc4n3)CC2)c(OCCC)c1OCCC. The third-order valence-corrected chi connectivity index (χ3v) is 7.75. The molecule has 0 unspecified atom stereocenters. The minimum absolute atomic E-state index is 0.415. The van der Waals surface area contributed by atoms with Gasteiger partial charge in [0.05, 0.1) is 25.3 Å². The summed E-state index contributed by atoms with van der Waals surface area (Å²) in [6.45, 7) is 10.1. The standard InChI is InChI=1S/C34H51N5O3/c1-6-21-40-30-18-15-26(31(41-22-7-2)32(30)42-23-8-3)24-35-20-19-25-13-16-27(17-14-25)36-34-37-29-12-10-9-11-28(29)33(38-34)39(4)5/h9-12,15,18,25,27,35H,6-8,13-14,16-17,19-24H2,1-5H3,(H,36,37,38). The van der Waals surface area contributed by atoms with Crippen molar-refractivity contribution in [1.29, 1.82) is 0 Å². The van der Waals surface area contributed by atoms with Crippen molar-refractivity contribution < 1.29 is 14.2 Å². The minimum atomic E-state index is 0.415. The number of fused-ring (bicyclic) bond motifs is 1. The van der Waals surface area contributed by atoms with Crippen LogP contribution in [0, 0.1) is 5.92 Å². The first-order valence-corrected chi connectivity index (χ1v) is 16.0. The Morgan fingerprint density at radius 1 is 0.810 bits per heavy atom. The molecular formula is C34H51N5O3. The minimum Gasteiger partial charge on any atom is -0.490 e. The van der Waals surface area contributed by atoms with Crippen LogP contribution >= 0.6 is 0 Å². The number of aromatic nitrogens is 2. The summed E-state index contributed by atoms with van der Waals surface area (Å²) in [6, 6.07) is 12.8. The maximum Gasteiger partial charge on any atom is 0.225 e. The first-order chi connectivity index (χ1) is 20.5. The second kappa shape index (κ2) is 16.4. The topological polar surface area (TPSA) is 80.8 Å². The molecule has 8 heteroatoms. The van der Waals surface area contributed by atoms with E-state index in [0.29, 0.717) is 25.9 Å². The van der Waals surface area contributed by atoms with Crippen molar-refractivity contribution in [3.8, 4) is 17.2 Å². The van der Waals surface area contributed by atoms with Gasteiger partial charge in [0.1, 0.15) is 5.82 Å². The van der Waals surface area contributed by atoms with Gasteiger partial charge in [0.15, 0.2) is 11.5 Å². The number of anilines is 2. The second-order valence-electron chi connectivity index (χ2n) is 11.5. The van der Waals surface area contributed by atoms with E-state index in [4.69, 9.17) is 24.2 Å². The van der Waals surface area contributed by atoms with Gasteiger partial charge in [0, 0.05) is 37.6 Å². The first-order valence-electron chi connectivity index (χ1n) is 16.0. The number of benzene rings is 2. The van der Waals surface area contributed by atoms with Gasteiger partial charge in [-0.1, -0.05) is 39.0 Å². The van der Waals surface area contributed by atoms with Crippen LogP contribution in [0.3, 0.4) is 0 Å². The lowest BCUT2D eigenvalue weighted by Gasteiger charge is -2.29. The zero-order valence-electron chi connectivity index (χ0n) is 26.4. The molecular weight excluding hydrogens is 526 g/mol. The fourth-order valence-corrected chi connectivity index (χ4v) is 5.53. The first kappa shape index (κ1) is 31.7. The molecule has 1 fully saturated rings. The Bertz CT molecular complexity index is 1240. The summed E-state index contributed by atoms with van der Waals surface area (Å²) < 4.78 is 18.4. The van der Waals surface area contributed by atoms with E-state index in [1.165, 1.54) is 19.3 Å². The van der Waals surface area contributed by atoms with Crippen molar-refractivity contribution in [2.75, 3.05) is 50.7 Å². The van der Waals surface area contributed by atoms with E-state index in [2.05, 4.69) is 54.5 Å². The molecule has 1 aromatic heterocycles. The van der Waals surface area contributed by atoms with E-state index in [-0.39, 0.29) is 0 Å². The van der Waals surface area contributed by atoms with E-state index in [9.17, 15) is 0 Å². The lowest BCUT2D eigenvalue weighted by atomic mass is 9.84. The van der Waals surface area contributed by atoms with Crippen LogP contribution in [-0.4, -0.2) is 56.5 Å². The van der Waals surface area contributed by atoms with Gasteiger partial charge in [0.25, 0.3) is 0 Å². The summed E-state index contributed by atoms with van der Waals surface area (Å²) in [5, 5.41) is 8.40. The second-order valence-corrected chi connectivity index (χ2v) is 11.5. The average Bonchev–Trinajstić information content (AvgIpc) is 3.01. The summed E-state index contributed by atoms with van der Waals surface area (Å²) in [4.78, 5) is 11.7. The molecule has 0 saturated heterocycles. The lowest BCUT2D eigenvalue weighted by Crippen LogP contribution is -2.28. The molecule has 0 bridgehead atoms. The maximum absolute atomic E-state index is 6.22. The third kappa shape index (κ3) is 8.63. The number of rotatable bonds is 17. The quantitative estimate of drug-likeness (QED) is 0.163. The molecule has 0 amide bonds. The third-order valence-electron chi connectivity index (χ3n) is 7.75. The number of nitrogens with zero attached hydrogens (tertiary/aromatic N) is 3. The Balaban J connectivity index is 1.28. The van der Waals surface area contributed by atoms with Gasteiger partial charge in [-0.05, 0) is 82.0 Å². The van der Waals surface area contributed by atoms with Gasteiger partial charge in [-0.25, -0.2) is 4.98 Å². The van der Waals surface area contributed by atoms with Gasteiger partial charge in [0.2, 0.25) is 11.7 Å². The predicted octanol–water partition coefficient (Wildman–Crippen LogP) is 7.21. The highest BCUT2D eigenvalue weighted by atomic mass is 16.5. The Hall–Kier alpha value is -3.26. The summed E-state index contributed by atoms with van der Waals surface area (Å²) in [6.07, 6.45) is 8.73. The number of hydrogen-bond donors (Lipinski definition) is 2. The number of hydrogen-bond acceptors (Lipinski definition) is 8. The molecule has 0 spiro atoms. The van der Waals surface area contributed by atoms with E-state index in [0.717, 1.165) is 96.6 Å². The van der Waals surface area contributed by atoms with E-state index < -0.39 is 0 Å². The molecule has 1 aliphatic rings. The van der Waals surface area contributed by atoms with Gasteiger partial charge in [-0.2, -0.15) is 4.98 Å². The summed E-state index contributed by atoms with van der Waals surface area (Å²) in [7, 11) is 4.07. The highest BCUT2D eigenvalue weighted by Crippen LogP contribution is 2.41. The van der Waals surface area contributed by atoms with Gasteiger partial charge < -0.3 is 29.7 Å². The monoisotopic (exact) mass is 577 g/mol. The Kier molecular flexibility index (Phi) is 12.4. The molecule has 4 rings (SSSR count). The van der Waals surface area contributed by atoms with E-state index in [1.807, 2.05) is 32.3 Å². The largest absolute Gasteiger partial charge is 0.490 e. The van der Waals surface area contributed by atoms with Gasteiger partial charge >= 0.3 is 0 Å². The molecule has 230 valence electrons. The molecule has 1 heterocycles. The molecule has 0 atom stereocenters. The molecule has 2 N–H and O–H groups in total. The molecule has 42 heavy (non-hydrogen) atoms. The lowest BCUT2D eigenvalue weighted by molar-refractivity contribution is 0.241. The smallest absolute Gasteiger partial charge is 0.225 e. The molecule has 1 aliphatic carbocycles. The van der Waals surface area contributed by atoms with Crippen LogP contribution in [0.5, 0.6) is 17.2 Å². The predicted molar refractivity (Wildman–Crippen MR) is 173 cm³/mol. The average molecular weight is 578 g/mol. The van der Waals surface area contributed by atoms with Crippen LogP contribution in [0.4, 0.5) is 11.8 Å². The van der Waals surface area contributed by atoms with Crippen LogP contribution < -0.4 is 29.7 Å². The van der Waals surface area contributed by atoms with Crippen molar-refractivity contribution in [1.82, 2.24) is 15.3 Å². The zero-order chi connectivity index (χ0) is 29.7. The molecule has 2 aromatic carbocycles. The molecule has 8 nitrogen and oxygen atoms in total. The highest BCUT2D eigenvalue weighted by molar-refractivity contribution is 5.90. The summed E-state index contributed by atoms with van der Waals surface area (Å²) in [5.41, 5.74) is 2.10. The van der Waals surface area contributed by atoms with E-state index >= 15 is 0 Å². The van der Waals surface area contributed by atoms with Crippen molar-refractivity contribution in [3.05, 3.63) is 42.0 Å².